The number of fused-ring (bicyclic) bond motifs is 1. The molecule has 0 amide bonds. The summed E-state index contributed by atoms with van der Waals surface area (Å²) >= 11 is 0. The fraction of sp³-hybridized carbons (Fsp3) is 0.190. The maximum atomic E-state index is 4.77. The summed E-state index contributed by atoms with van der Waals surface area (Å²) in [5, 5.41) is 11.5. The molecule has 1 aliphatic rings. The van der Waals surface area contributed by atoms with Crippen molar-refractivity contribution in [1.29, 1.82) is 0 Å². The molecule has 0 atom stereocenters. The molecule has 0 spiro atoms. The third-order valence-electron chi connectivity index (χ3n) is 4.83. The van der Waals surface area contributed by atoms with Gasteiger partial charge in [-0.25, -0.2) is 9.97 Å². The van der Waals surface area contributed by atoms with Crippen molar-refractivity contribution < 1.29 is 0 Å². The van der Waals surface area contributed by atoms with E-state index in [2.05, 4.69) is 31.3 Å². The van der Waals surface area contributed by atoms with Gasteiger partial charge in [0.05, 0.1) is 17.6 Å². The van der Waals surface area contributed by atoms with Gasteiger partial charge in [-0.15, -0.1) is 0 Å². The zero-order chi connectivity index (χ0) is 18.8. The largest absolute Gasteiger partial charge is 0.340 e. The molecular formula is C21H21N7. The molecular weight excluding hydrogens is 350 g/mol. The van der Waals surface area contributed by atoms with Gasteiger partial charge in [0, 0.05) is 31.2 Å². The molecule has 0 aliphatic carbocycles. The van der Waals surface area contributed by atoms with E-state index in [0.717, 1.165) is 54.8 Å². The lowest BCUT2D eigenvalue weighted by molar-refractivity contribution is 0.588. The van der Waals surface area contributed by atoms with Crippen LogP contribution in [-0.2, 0) is 13.1 Å². The number of aryl methyl sites for hydroxylation is 1. The fourth-order valence-corrected chi connectivity index (χ4v) is 3.44. The minimum absolute atomic E-state index is 0.802. The molecule has 1 aliphatic heterocycles. The minimum Gasteiger partial charge on any atom is -0.340 e. The summed E-state index contributed by atoms with van der Waals surface area (Å²) in [6.07, 6.45) is 6.68. The predicted octanol–water partition coefficient (Wildman–Crippen LogP) is 3.37. The highest BCUT2D eigenvalue weighted by Gasteiger charge is 2.16. The van der Waals surface area contributed by atoms with Gasteiger partial charge in [-0.2, -0.15) is 5.10 Å². The Morgan fingerprint density at radius 2 is 1.96 bits per heavy atom. The van der Waals surface area contributed by atoms with Crippen LogP contribution in [0.5, 0.6) is 0 Å². The zero-order valence-corrected chi connectivity index (χ0v) is 15.4. The molecule has 5 rings (SSSR count). The molecule has 28 heavy (non-hydrogen) atoms. The molecule has 0 unspecified atom stereocenters. The second kappa shape index (κ2) is 7.28. The van der Waals surface area contributed by atoms with E-state index in [-0.39, 0.29) is 0 Å². The van der Waals surface area contributed by atoms with Crippen molar-refractivity contribution in [2.24, 2.45) is 0 Å². The monoisotopic (exact) mass is 371 g/mol. The molecule has 2 N–H and O–H groups in total. The molecule has 0 radical (unpaired) electrons. The summed E-state index contributed by atoms with van der Waals surface area (Å²) < 4.78 is 4.11. The third-order valence-corrected chi connectivity index (χ3v) is 4.83. The molecule has 0 saturated heterocycles. The Balaban J connectivity index is 1.41. The number of benzene rings is 1. The highest BCUT2D eigenvalue weighted by Crippen LogP contribution is 2.23. The smallest absolute Gasteiger partial charge is 0.165 e. The number of nitrogens with zero attached hydrogens (tertiary/aromatic N) is 5. The lowest BCUT2D eigenvalue weighted by atomic mass is 10.3. The van der Waals surface area contributed by atoms with Gasteiger partial charge in [0.15, 0.2) is 5.82 Å². The molecule has 3 aromatic heterocycles. The van der Waals surface area contributed by atoms with Crippen molar-refractivity contribution >= 4 is 11.5 Å². The lowest BCUT2D eigenvalue weighted by Gasteiger charge is -2.08. The van der Waals surface area contributed by atoms with Gasteiger partial charge < -0.3 is 10.6 Å². The van der Waals surface area contributed by atoms with E-state index in [9.17, 15) is 0 Å². The van der Waals surface area contributed by atoms with Crippen molar-refractivity contribution in [3.63, 3.8) is 0 Å². The van der Waals surface area contributed by atoms with E-state index < -0.39 is 0 Å². The van der Waals surface area contributed by atoms with Gasteiger partial charge >= 0.3 is 0 Å². The van der Waals surface area contributed by atoms with Crippen LogP contribution >= 0.6 is 0 Å². The molecule has 4 heterocycles. The number of rotatable bonds is 4. The molecule has 4 aromatic rings. The quantitative estimate of drug-likeness (QED) is 0.575. The van der Waals surface area contributed by atoms with Crippen LogP contribution in [-0.4, -0.2) is 30.9 Å². The summed E-state index contributed by atoms with van der Waals surface area (Å²) in [5.74, 6) is 1.63. The van der Waals surface area contributed by atoms with E-state index >= 15 is 0 Å². The molecule has 7 heteroatoms. The molecule has 1 aromatic carbocycles. The summed E-state index contributed by atoms with van der Waals surface area (Å²) in [4.78, 5) is 9.09. The van der Waals surface area contributed by atoms with Gasteiger partial charge in [-0.3, -0.25) is 9.25 Å². The standard InChI is InChI=1S/C21H21N7/c1-2-5-16(6-3-1)25-20-8-7-17(15-24-20)27-12-10-23-21(27)19-13-18-14-22-9-4-11-28(18)26-19/h1-3,5-8,10,12-13,15,22H,4,9,11,14H2,(H,24,25). The van der Waals surface area contributed by atoms with E-state index in [1.165, 1.54) is 5.69 Å². The Labute approximate surface area is 163 Å². The van der Waals surface area contributed by atoms with E-state index in [0.29, 0.717) is 0 Å². The van der Waals surface area contributed by atoms with E-state index in [1.807, 2.05) is 59.4 Å². The summed E-state index contributed by atoms with van der Waals surface area (Å²) in [6, 6.07) is 16.1. The fourth-order valence-electron chi connectivity index (χ4n) is 3.44. The van der Waals surface area contributed by atoms with Crippen LogP contribution in [0.1, 0.15) is 12.1 Å². The molecule has 140 valence electrons. The van der Waals surface area contributed by atoms with Crippen LogP contribution in [0.4, 0.5) is 11.5 Å². The number of hydrogen-bond donors (Lipinski definition) is 2. The number of anilines is 2. The number of nitrogens with one attached hydrogen (secondary N) is 2. The number of para-hydroxylation sites is 1. The Morgan fingerprint density at radius 3 is 2.82 bits per heavy atom. The summed E-state index contributed by atoms with van der Waals surface area (Å²) in [5.41, 5.74) is 4.05. The van der Waals surface area contributed by atoms with Crippen LogP contribution in [0, 0.1) is 0 Å². The van der Waals surface area contributed by atoms with Gasteiger partial charge in [0.1, 0.15) is 11.5 Å². The van der Waals surface area contributed by atoms with Gasteiger partial charge in [0.25, 0.3) is 0 Å². The first-order chi connectivity index (χ1) is 13.9. The lowest BCUT2D eigenvalue weighted by Crippen LogP contribution is -2.11. The second-order valence-corrected chi connectivity index (χ2v) is 6.79. The summed E-state index contributed by atoms with van der Waals surface area (Å²) in [7, 11) is 0. The van der Waals surface area contributed by atoms with Crippen molar-refractivity contribution in [2.45, 2.75) is 19.5 Å². The molecule has 0 saturated carbocycles. The van der Waals surface area contributed by atoms with Crippen LogP contribution < -0.4 is 10.6 Å². The van der Waals surface area contributed by atoms with Crippen LogP contribution in [0.2, 0.25) is 0 Å². The maximum absolute atomic E-state index is 4.77. The Morgan fingerprint density at radius 1 is 1.04 bits per heavy atom. The average molecular weight is 371 g/mol. The van der Waals surface area contributed by atoms with Gasteiger partial charge in [0.2, 0.25) is 0 Å². The van der Waals surface area contributed by atoms with Gasteiger partial charge in [-0.05, 0) is 43.3 Å². The SMILES string of the molecule is c1ccc(Nc2ccc(-n3ccnc3-c3cc4n(n3)CCCNC4)cn2)cc1. The first kappa shape index (κ1) is 16.7. The first-order valence-electron chi connectivity index (χ1n) is 9.46. The molecule has 7 nitrogen and oxygen atoms in total. The van der Waals surface area contributed by atoms with Crippen LogP contribution in [0.15, 0.2) is 67.1 Å². The normalized spacial score (nSPS) is 13.7. The van der Waals surface area contributed by atoms with Crippen LogP contribution in [0.3, 0.4) is 0 Å². The Bertz CT molecular complexity index is 1040. The number of imidazole rings is 1. The maximum Gasteiger partial charge on any atom is 0.165 e. The second-order valence-electron chi connectivity index (χ2n) is 6.79. The predicted molar refractivity (Wildman–Crippen MR) is 109 cm³/mol. The number of pyridine rings is 1. The molecule has 0 fully saturated rings. The zero-order valence-electron chi connectivity index (χ0n) is 15.4. The van der Waals surface area contributed by atoms with Crippen molar-refractivity contribution in [2.75, 3.05) is 11.9 Å². The summed E-state index contributed by atoms with van der Waals surface area (Å²) in [6.45, 7) is 2.81. The highest BCUT2D eigenvalue weighted by molar-refractivity contribution is 5.58. The van der Waals surface area contributed by atoms with Crippen molar-refractivity contribution in [1.82, 2.24) is 29.6 Å². The first-order valence-corrected chi connectivity index (χ1v) is 9.46. The topological polar surface area (TPSA) is 72.6 Å². The van der Waals surface area contributed by atoms with E-state index in [4.69, 9.17) is 5.10 Å². The van der Waals surface area contributed by atoms with Gasteiger partial charge in [-0.1, -0.05) is 18.2 Å². The Hall–Kier alpha value is -3.45. The third kappa shape index (κ3) is 3.27. The Kier molecular flexibility index (Phi) is 4.34. The van der Waals surface area contributed by atoms with E-state index in [1.54, 1.807) is 6.20 Å². The highest BCUT2D eigenvalue weighted by atomic mass is 15.3. The minimum atomic E-state index is 0.802. The van der Waals surface area contributed by atoms with Crippen molar-refractivity contribution in [3.05, 3.63) is 72.8 Å². The average Bonchev–Trinajstić information content (AvgIpc) is 3.31. The number of hydrogen-bond acceptors (Lipinski definition) is 5. The van der Waals surface area contributed by atoms with Crippen molar-refractivity contribution in [3.8, 4) is 17.2 Å². The molecule has 0 bridgehead atoms. The number of aromatic nitrogens is 5. The van der Waals surface area contributed by atoms with Crippen LogP contribution in [0.25, 0.3) is 17.2 Å².